The van der Waals surface area contributed by atoms with Crippen molar-refractivity contribution < 1.29 is 23.9 Å². The highest BCUT2D eigenvalue weighted by Gasteiger charge is 2.44. The largest absolute Gasteiger partial charge is 0.494 e. The molecule has 1 unspecified atom stereocenters. The summed E-state index contributed by atoms with van der Waals surface area (Å²) in [7, 11) is 0. The number of hydrogen-bond donors (Lipinski definition) is 0. The van der Waals surface area contributed by atoms with Crippen LogP contribution in [0.25, 0.3) is 0 Å². The summed E-state index contributed by atoms with van der Waals surface area (Å²) in [5.41, 5.74) is 1.36. The number of hydrogen-bond acceptors (Lipinski definition) is 5. The molecule has 0 aliphatic carbocycles. The van der Waals surface area contributed by atoms with Gasteiger partial charge in [-0.2, -0.15) is 0 Å². The smallest absolute Gasteiger partial charge is 0.261 e. The van der Waals surface area contributed by atoms with Crippen LogP contribution in [0.4, 0.5) is 5.69 Å². The molecule has 7 nitrogen and oxygen atoms in total. The second-order valence-corrected chi connectivity index (χ2v) is 8.72. The topological polar surface area (TPSA) is 76.2 Å². The van der Waals surface area contributed by atoms with Crippen LogP contribution in [0, 0.1) is 0 Å². The standard InChI is InChI=1S/C28H27ClN2O5/c1-2-35-24-13-11-22(12-14-24)31-26(32)18-25(28(31)34)30(16-15-20-7-6-8-21(29)17-20)27(33)19-36-23-9-4-3-5-10-23/h3-14,17,25H,2,15-16,18-19H2,1H3. The molecule has 0 bridgehead atoms. The molecule has 0 spiro atoms. The fourth-order valence-corrected chi connectivity index (χ4v) is 4.34. The Balaban J connectivity index is 1.53. The van der Waals surface area contributed by atoms with Crippen molar-refractivity contribution in [2.24, 2.45) is 0 Å². The predicted molar refractivity (Wildman–Crippen MR) is 137 cm³/mol. The van der Waals surface area contributed by atoms with Crippen molar-refractivity contribution in [2.75, 3.05) is 24.7 Å². The highest BCUT2D eigenvalue weighted by Crippen LogP contribution is 2.28. The van der Waals surface area contributed by atoms with Gasteiger partial charge in [0.15, 0.2) is 6.61 Å². The van der Waals surface area contributed by atoms with Gasteiger partial charge in [0.2, 0.25) is 5.91 Å². The van der Waals surface area contributed by atoms with Gasteiger partial charge in [0, 0.05) is 11.6 Å². The first-order valence-electron chi connectivity index (χ1n) is 11.8. The molecular formula is C28H27ClN2O5. The Bertz CT molecular complexity index is 1220. The van der Waals surface area contributed by atoms with Crippen molar-refractivity contribution in [3.05, 3.63) is 89.4 Å². The molecule has 1 atom stereocenters. The second-order valence-electron chi connectivity index (χ2n) is 8.28. The maximum Gasteiger partial charge on any atom is 0.261 e. The third-order valence-corrected chi connectivity index (χ3v) is 6.10. The first kappa shape index (κ1) is 25.3. The normalized spacial score (nSPS) is 15.2. The zero-order valence-corrected chi connectivity index (χ0v) is 20.7. The molecule has 0 saturated carbocycles. The highest BCUT2D eigenvalue weighted by molar-refractivity contribution is 6.30. The van der Waals surface area contributed by atoms with Gasteiger partial charge in [0.25, 0.3) is 11.8 Å². The number of para-hydroxylation sites is 1. The van der Waals surface area contributed by atoms with Gasteiger partial charge in [0.1, 0.15) is 17.5 Å². The zero-order chi connectivity index (χ0) is 25.5. The van der Waals surface area contributed by atoms with E-state index < -0.39 is 11.9 Å². The summed E-state index contributed by atoms with van der Waals surface area (Å²) in [4.78, 5) is 42.2. The molecule has 1 saturated heterocycles. The maximum atomic E-state index is 13.4. The third kappa shape index (κ3) is 6.04. The fraction of sp³-hybridized carbons (Fsp3) is 0.250. The van der Waals surface area contributed by atoms with Gasteiger partial charge >= 0.3 is 0 Å². The number of nitrogens with zero attached hydrogens (tertiary/aromatic N) is 2. The van der Waals surface area contributed by atoms with Crippen LogP contribution in [0.5, 0.6) is 11.5 Å². The van der Waals surface area contributed by atoms with E-state index >= 15 is 0 Å². The number of amides is 3. The first-order chi connectivity index (χ1) is 17.5. The zero-order valence-electron chi connectivity index (χ0n) is 19.9. The lowest BCUT2D eigenvalue weighted by atomic mass is 10.1. The van der Waals surface area contributed by atoms with Crippen molar-refractivity contribution in [3.8, 4) is 11.5 Å². The molecule has 8 heteroatoms. The summed E-state index contributed by atoms with van der Waals surface area (Å²) >= 11 is 6.11. The summed E-state index contributed by atoms with van der Waals surface area (Å²) in [6.45, 7) is 2.37. The van der Waals surface area contributed by atoms with Crippen LogP contribution in [0.3, 0.4) is 0 Å². The van der Waals surface area contributed by atoms with E-state index in [0.29, 0.717) is 35.2 Å². The SMILES string of the molecule is CCOc1ccc(N2C(=O)CC(N(CCc3cccc(Cl)c3)C(=O)COc3ccccc3)C2=O)cc1. The summed E-state index contributed by atoms with van der Waals surface area (Å²) in [5.74, 6) is 0.0151. The Kier molecular flexibility index (Phi) is 8.23. The highest BCUT2D eigenvalue weighted by atomic mass is 35.5. The molecule has 36 heavy (non-hydrogen) atoms. The van der Waals surface area contributed by atoms with Crippen LogP contribution in [-0.4, -0.2) is 48.4 Å². The lowest BCUT2D eigenvalue weighted by Crippen LogP contribution is -2.48. The number of benzene rings is 3. The van der Waals surface area contributed by atoms with Crippen LogP contribution >= 0.6 is 11.6 Å². The number of ether oxygens (including phenoxy) is 2. The number of halogens is 1. The van der Waals surface area contributed by atoms with E-state index in [1.807, 2.05) is 43.3 Å². The van der Waals surface area contributed by atoms with Crippen molar-refractivity contribution >= 4 is 35.0 Å². The summed E-state index contributed by atoms with van der Waals surface area (Å²) < 4.78 is 11.1. The van der Waals surface area contributed by atoms with Crippen LogP contribution in [0.15, 0.2) is 78.9 Å². The van der Waals surface area contributed by atoms with Crippen molar-refractivity contribution in [3.63, 3.8) is 0 Å². The molecule has 0 aromatic heterocycles. The molecule has 0 radical (unpaired) electrons. The maximum absolute atomic E-state index is 13.4. The minimum Gasteiger partial charge on any atom is -0.494 e. The van der Waals surface area contributed by atoms with Gasteiger partial charge in [0.05, 0.1) is 18.7 Å². The Hall–Kier alpha value is -3.84. The average molecular weight is 507 g/mol. The van der Waals surface area contributed by atoms with Crippen molar-refractivity contribution in [1.29, 1.82) is 0 Å². The summed E-state index contributed by atoms with van der Waals surface area (Å²) in [6.07, 6.45) is 0.372. The van der Waals surface area contributed by atoms with Gasteiger partial charge in [-0.15, -0.1) is 0 Å². The second kappa shape index (κ2) is 11.7. The fourth-order valence-electron chi connectivity index (χ4n) is 4.13. The molecule has 0 N–H and O–H groups in total. The van der Waals surface area contributed by atoms with Crippen molar-refractivity contribution in [2.45, 2.75) is 25.8 Å². The van der Waals surface area contributed by atoms with Crippen LogP contribution in [0.2, 0.25) is 5.02 Å². The molecule has 4 rings (SSSR count). The summed E-state index contributed by atoms with van der Waals surface area (Å²) in [5, 5.41) is 0.589. The van der Waals surface area contributed by atoms with E-state index in [4.69, 9.17) is 21.1 Å². The van der Waals surface area contributed by atoms with E-state index in [9.17, 15) is 14.4 Å². The molecule has 3 aromatic carbocycles. The molecule has 1 aliphatic rings. The molecule has 3 amide bonds. The third-order valence-electron chi connectivity index (χ3n) is 5.86. The molecule has 1 heterocycles. The van der Waals surface area contributed by atoms with Gasteiger partial charge in [-0.25, -0.2) is 4.90 Å². The van der Waals surface area contributed by atoms with Gasteiger partial charge in [-0.1, -0.05) is 41.9 Å². The summed E-state index contributed by atoms with van der Waals surface area (Å²) in [6, 6.07) is 22.1. The van der Waals surface area contributed by atoms with Gasteiger partial charge in [-0.05, 0) is 67.4 Å². The quantitative estimate of drug-likeness (QED) is 0.378. The average Bonchev–Trinajstić information content (AvgIpc) is 3.17. The Morgan fingerprint density at radius 3 is 2.39 bits per heavy atom. The van der Waals surface area contributed by atoms with Crippen molar-refractivity contribution in [1.82, 2.24) is 4.90 Å². The van der Waals surface area contributed by atoms with Gasteiger partial charge in [-0.3, -0.25) is 14.4 Å². The minimum atomic E-state index is -0.921. The number of imide groups is 1. The van der Waals surface area contributed by atoms with E-state index in [2.05, 4.69) is 0 Å². The molecule has 1 fully saturated rings. The monoisotopic (exact) mass is 506 g/mol. The molecule has 3 aromatic rings. The van der Waals surface area contributed by atoms with E-state index in [0.717, 1.165) is 10.5 Å². The lowest BCUT2D eigenvalue weighted by molar-refractivity contribution is -0.140. The lowest BCUT2D eigenvalue weighted by Gasteiger charge is -2.28. The Morgan fingerprint density at radius 2 is 1.69 bits per heavy atom. The first-order valence-corrected chi connectivity index (χ1v) is 12.2. The molecular weight excluding hydrogens is 480 g/mol. The predicted octanol–water partition coefficient (Wildman–Crippen LogP) is 4.52. The van der Waals surface area contributed by atoms with Crippen LogP contribution < -0.4 is 14.4 Å². The van der Waals surface area contributed by atoms with E-state index in [1.54, 1.807) is 42.5 Å². The van der Waals surface area contributed by atoms with Crippen LogP contribution in [-0.2, 0) is 20.8 Å². The number of carbonyl (C=O) groups excluding carboxylic acids is 3. The number of carbonyl (C=O) groups is 3. The Labute approximate surface area is 215 Å². The Morgan fingerprint density at radius 1 is 0.972 bits per heavy atom. The van der Waals surface area contributed by atoms with E-state index in [1.165, 1.54) is 4.90 Å². The van der Waals surface area contributed by atoms with Crippen LogP contribution in [0.1, 0.15) is 18.9 Å². The van der Waals surface area contributed by atoms with Gasteiger partial charge < -0.3 is 14.4 Å². The molecule has 186 valence electrons. The minimum absolute atomic E-state index is 0.0985. The van der Waals surface area contributed by atoms with E-state index in [-0.39, 0.29) is 31.4 Å². The number of rotatable bonds is 10. The number of anilines is 1. The molecule has 1 aliphatic heterocycles.